The third-order valence-corrected chi connectivity index (χ3v) is 1.19. The largest absolute Gasteiger partial charge is 1.00 e. The van der Waals surface area contributed by atoms with Gasteiger partial charge in [-0.3, -0.25) is 4.55 Å². The third-order valence-electron chi connectivity index (χ3n) is 0.157. The Balaban J connectivity index is -0.000000245. The van der Waals surface area contributed by atoms with E-state index in [9.17, 15) is 8.42 Å². The van der Waals surface area contributed by atoms with Gasteiger partial charge in [0.25, 0.3) is 0 Å². The second-order valence-electron chi connectivity index (χ2n) is 0.670. The first-order chi connectivity index (χ1) is 3.56. The molecule has 1 N–H and O–H groups in total. The minimum absolute atomic E-state index is 0. The fourth-order valence-corrected chi connectivity index (χ4v) is 0.524. The summed E-state index contributed by atoms with van der Waals surface area (Å²) < 4.78 is 30.3. The maximum Gasteiger partial charge on any atom is 1.00 e. The van der Waals surface area contributed by atoms with Crippen LogP contribution in [-0.4, -0.2) is 13.0 Å². The standard InChI is InChI=1S/CHNO4S2.K.H/c2-1-7-6-8(3,4)5;;/h(H,3,4,5);;/q;+1;-1. The molecule has 8 heteroatoms. The molecule has 0 bridgehead atoms. The van der Waals surface area contributed by atoms with Gasteiger partial charge in [-0.15, -0.1) is 0 Å². The summed E-state index contributed by atoms with van der Waals surface area (Å²) in [7, 11) is -4.45. The zero-order valence-electron chi connectivity index (χ0n) is 5.44. The predicted molar refractivity (Wildman–Crippen MR) is 26.9 cm³/mol. The molecule has 48 valence electrons. The van der Waals surface area contributed by atoms with Crippen LogP contribution in [0.4, 0.5) is 0 Å². The van der Waals surface area contributed by atoms with Crippen molar-refractivity contribution in [1.29, 1.82) is 5.26 Å². The Kier molecular flexibility index (Phi) is 8.77. The van der Waals surface area contributed by atoms with Crippen molar-refractivity contribution < 1.29 is 69.4 Å². The van der Waals surface area contributed by atoms with E-state index in [1.807, 2.05) is 0 Å². The van der Waals surface area contributed by atoms with Gasteiger partial charge >= 0.3 is 61.8 Å². The van der Waals surface area contributed by atoms with E-state index in [2.05, 4.69) is 3.63 Å². The topological polar surface area (TPSA) is 87.4 Å². The van der Waals surface area contributed by atoms with Crippen LogP contribution in [0.1, 0.15) is 1.43 Å². The number of nitrogens with zero attached hydrogens (tertiary/aromatic N) is 1. The summed E-state index contributed by atoms with van der Waals surface area (Å²) in [5.41, 5.74) is 0. The van der Waals surface area contributed by atoms with E-state index >= 15 is 0 Å². The van der Waals surface area contributed by atoms with Crippen LogP contribution in [0.2, 0.25) is 0 Å². The van der Waals surface area contributed by atoms with Gasteiger partial charge in [0.2, 0.25) is 0 Å². The number of thiocyanates is 1. The second kappa shape index (κ2) is 6.08. The zero-order valence-corrected chi connectivity index (χ0v) is 9.19. The van der Waals surface area contributed by atoms with E-state index in [0.717, 1.165) is 0 Å². The molecule has 0 rings (SSSR count). The Morgan fingerprint density at radius 2 is 2.22 bits per heavy atom. The predicted octanol–water partition coefficient (Wildman–Crippen LogP) is -2.95. The maximum absolute atomic E-state index is 9.55. The van der Waals surface area contributed by atoms with Gasteiger partial charge in [0, 0.05) is 0 Å². The van der Waals surface area contributed by atoms with E-state index in [0.29, 0.717) is 0 Å². The summed E-state index contributed by atoms with van der Waals surface area (Å²) in [6.07, 6.45) is 0. The third kappa shape index (κ3) is 12.5. The Morgan fingerprint density at radius 1 is 1.78 bits per heavy atom. The molecule has 0 unspecified atom stereocenters. The summed E-state index contributed by atoms with van der Waals surface area (Å²) in [6.45, 7) is 0. The van der Waals surface area contributed by atoms with Crippen LogP contribution in [0.5, 0.6) is 0 Å². The van der Waals surface area contributed by atoms with Crippen LogP contribution in [0.3, 0.4) is 0 Å². The molecular weight excluding hydrogens is 193 g/mol. The van der Waals surface area contributed by atoms with Crippen molar-refractivity contribution in [2.75, 3.05) is 0 Å². The van der Waals surface area contributed by atoms with Crippen molar-refractivity contribution in [2.24, 2.45) is 0 Å². The molecule has 0 atom stereocenters. The van der Waals surface area contributed by atoms with Gasteiger partial charge in [0.1, 0.15) is 12.0 Å². The molecule has 9 heavy (non-hydrogen) atoms. The minimum atomic E-state index is -4.45. The molecule has 0 aromatic carbocycles. The molecule has 0 saturated carbocycles. The summed E-state index contributed by atoms with van der Waals surface area (Å²) in [4.78, 5) is 0. The van der Waals surface area contributed by atoms with Gasteiger partial charge in [0.05, 0.1) is 0 Å². The SMILES string of the molecule is N#CSOS(=O)(=O)O.[H-].[K+]. The van der Waals surface area contributed by atoms with Gasteiger partial charge in [-0.25, -0.2) is 0 Å². The van der Waals surface area contributed by atoms with Crippen LogP contribution in [0.15, 0.2) is 0 Å². The smallest absolute Gasteiger partial charge is 1.00 e. The van der Waals surface area contributed by atoms with Crippen molar-refractivity contribution in [3.63, 3.8) is 0 Å². The molecule has 0 aliphatic carbocycles. The molecule has 0 spiro atoms. The molecule has 0 saturated heterocycles. The van der Waals surface area contributed by atoms with E-state index in [1.165, 1.54) is 5.40 Å². The summed E-state index contributed by atoms with van der Waals surface area (Å²) >= 11 is -0.0174. The molecule has 0 aromatic rings. The van der Waals surface area contributed by atoms with Crippen LogP contribution in [0, 0.1) is 10.7 Å². The van der Waals surface area contributed by atoms with Crippen molar-refractivity contribution in [3.05, 3.63) is 0 Å². The molecule has 0 aliphatic rings. The van der Waals surface area contributed by atoms with E-state index in [1.54, 1.807) is 0 Å². The Labute approximate surface area is 101 Å². The van der Waals surface area contributed by atoms with E-state index in [-0.39, 0.29) is 64.9 Å². The molecule has 0 heterocycles. The van der Waals surface area contributed by atoms with Gasteiger partial charge in [-0.05, 0) is 0 Å². The first-order valence-electron chi connectivity index (χ1n) is 1.28. The van der Waals surface area contributed by atoms with E-state index in [4.69, 9.17) is 9.81 Å². The van der Waals surface area contributed by atoms with Crippen molar-refractivity contribution in [1.82, 2.24) is 0 Å². The van der Waals surface area contributed by atoms with Gasteiger partial charge < -0.3 is 1.43 Å². The normalized spacial score (nSPS) is 9.33. The molecule has 0 fully saturated rings. The zero-order chi connectivity index (χ0) is 6.62. The number of hydrogen-bond donors (Lipinski definition) is 1. The summed E-state index contributed by atoms with van der Waals surface area (Å²) in [6, 6.07) is 0. The Bertz CT molecular complexity index is 196. The Morgan fingerprint density at radius 3 is 2.33 bits per heavy atom. The summed E-state index contributed by atoms with van der Waals surface area (Å²) in [5.74, 6) is 0. The van der Waals surface area contributed by atoms with Crippen molar-refractivity contribution in [2.45, 2.75) is 0 Å². The first-order valence-corrected chi connectivity index (χ1v) is 3.38. The molecule has 0 aromatic heterocycles. The molecule has 0 amide bonds. The number of nitriles is 1. The van der Waals surface area contributed by atoms with Crippen molar-refractivity contribution >= 4 is 22.4 Å². The fourth-order valence-electron chi connectivity index (χ4n) is 0.0582. The summed E-state index contributed by atoms with van der Waals surface area (Å²) in [5, 5.41) is 8.92. The van der Waals surface area contributed by atoms with Crippen molar-refractivity contribution in [3.8, 4) is 5.40 Å². The maximum atomic E-state index is 9.55. The minimum Gasteiger partial charge on any atom is -1.00 e. The van der Waals surface area contributed by atoms with Gasteiger partial charge in [0.15, 0.2) is 5.40 Å². The number of hydrogen-bond acceptors (Lipinski definition) is 5. The molecule has 5 nitrogen and oxygen atoms in total. The van der Waals surface area contributed by atoms with Gasteiger partial charge in [-0.2, -0.15) is 17.3 Å². The molecule has 0 aliphatic heterocycles. The second-order valence-corrected chi connectivity index (χ2v) is 2.42. The quantitative estimate of drug-likeness (QED) is 0.219. The van der Waals surface area contributed by atoms with E-state index < -0.39 is 10.4 Å². The number of rotatable bonds is 2. The average Bonchev–Trinajstić information content (AvgIpc) is 1.59. The monoisotopic (exact) mass is 195 g/mol. The Hall–Kier alpha value is 1.35. The molecular formula is CH2KNO4S2. The van der Waals surface area contributed by atoms with Crippen LogP contribution in [-0.2, 0) is 14.0 Å². The van der Waals surface area contributed by atoms with Crippen LogP contribution in [0.25, 0.3) is 0 Å². The van der Waals surface area contributed by atoms with Crippen LogP contribution >= 0.6 is 12.0 Å². The average molecular weight is 195 g/mol. The fraction of sp³-hybridized carbons (Fsp3) is 0. The van der Waals surface area contributed by atoms with Crippen LogP contribution < -0.4 is 51.4 Å². The van der Waals surface area contributed by atoms with Gasteiger partial charge in [-0.1, -0.05) is 0 Å². The first kappa shape index (κ1) is 13.0. The molecule has 0 radical (unpaired) electrons.